The number of anilines is 1. The summed E-state index contributed by atoms with van der Waals surface area (Å²) in [5.74, 6) is 0.669. The maximum atomic E-state index is 11.9. The standard InChI is InChI=1S/C16H21N3O3/c1-10(9-14(20)13-7-5-4-6-8-13)17-15(21)19-16-18-11(2)12(3)22-16/h4-8,10,14,20H,9H2,1-3H3,(H2,17,18,19,21). The van der Waals surface area contributed by atoms with Crippen molar-refractivity contribution in [1.29, 1.82) is 0 Å². The maximum absolute atomic E-state index is 11.9. The molecule has 0 aliphatic heterocycles. The average Bonchev–Trinajstić information content (AvgIpc) is 2.77. The molecule has 3 N–H and O–H groups in total. The third-order valence-corrected chi connectivity index (χ3v) is 3.39. The monoisotopic (exact) mass is 303 g/mol. The number of carbonyl (C=O) groups excluding carboxylic acids is 1. The second-order valence-electron chi connectivity index (χ2n) is 5.32. The van der Waals surface area contributed by atoms with Gasteiger partial charge in [-0.25, -0.2) is 4.79 Å². The normalized spacial score (nSPS) is 13.5. The van der Waals surface area contributed by atoms with Crippen LogP contribution < -0.4 is 10.6 Å². The van der Waals surface area contributed by atoms with Crippen LogP contribution in [-0.2, 0) is 0 Å². The van der Waals surface area contributed by atoms with E-state index in [1.54, 1.807) is 13.8 Å². The Balaban J connectivity index is 1.83. The number of oxazole rings is 1. The number of nitrogens with zero attached hydrogens (tertiary/aromatic N) is 1. The van der Waals surface area contributed by atoms with Crippen molar-refractivity contribution in [3.05, 3.63) is 47.3 Å². The van der Waals surface area contributed by atoms with E-state index in [2.05, 4.69) is 15.6 Å². The predicted octanol–water partition coefficient (Wildman–Crippen LogP) is 2.93. The molecule has 6 heteroatoms. The molecule has 0 aliphatic rings. The van der Waals surface area contributed by atoms with Crippen LogP contribution >= 0.6 is 0 Å². The summed E-state index contributed by atoms with van der Waals surface area (Å²) in [6.45, 7) is 5.42. The van der Waals surface area contributed by atoms with Crippen molar-refractivity contribution in [2.45, 2.75) is 39.3 Å². The number of hydrogen-bond acceptors (Lipinski definition) is 4. The van der Waals surface area contributed by atoms with Crippen molar-refractivity contribution in [2.24, 2.45) is 0 Å². The van der Waals surface area contributed by atoms with E-state index in [4.69, 9.17) is 4.42 Å². The lowest BCUT2D eigenvalue weighted by atomic mass is 10.0. The summed E-state index contributed by atoms with van der Waals surface area (Å²) in [7, 11) is 0. The van der Waals surface area contributed by atoms with E-state index in [0.29, 0.717) is 12.2 Å². The van der Waals surface area contributed by atoms with Gasteiger partial charge in [0.25, 0.3) is 0 Å². The molecular weight excluding hydrogens is 282 g/mol. The fourth-order valence-electron chi connectivity index (χ4n) is 2.09. The van der Waals surface area contributed by atoms with E-state index < -0.39 is 12.1 Å². The number of hydrogen-bond donors (Lipinski definition) is 3. The van der Waals surface area contributed by atoms with E-state index >= 15 is 0 Å². The second-order valence-corrected chi connectivity index (χ2v) is 5.32. The Morgan fingerprint density at radius 1 is 1.32 bits per heavy atom. The third-order valence-electron chi connectivity index (χ3n) is 3.39. The molecule has 22 heavy (non-hydrogen) atoms. The molecule has 0 saturated heterocycles. The van der Waals surface area contributed by atoms with Gasteiger partial charge in [-0.2, -0.15) is 4.98 Å². The number of aliphatic hydroxyl groups is 1. The van der Waals surface area contributed by atoms with Gasteiger partial charge in [-0.05, 0) is 32.8 Å². The van der Waals surface area contributed by atoms with Gasteiger partial charge >= 0.3 is 12.0 Å². The lowest BCUT2D eigenvalue weighted by molar-refractivity contribution is 0.155. The molecule has 1 aromatic carbocycles. The molecule has 6 nitrogen and oxygen atoms in total. The smallest absolute Gasteiger partial charge is 0.323 e. The molecule has 0 radical (unpaired) electrons. The van der Waals surface area contributed by atoms with E-state index in [9.17, 15) is 9.90 Å². The number of carbonyl (C=O) groups is 1. The minimum absolute atomic E-state index is 0.170. The fraction of sp³-hybridized carbons (Fsp3) is 0.375. The van der Waals surface area contributed by atoms with Gasteiger partial charge in [-0.1, -0.05) is 30.3 Å². The minimum atomic E-state index is -0.622. The van der Waals surface area contributed by atoms with Gasteiger partial charge in [0.05, 0.1) is 11.8 Å². The SMILES string of the molecule is Cc1nc(NC(=O)NC(C)CC(O)c2ccccc2)oc1C. The molecule has 0 aliphatic carbocycles. The highest BCUT2D eigenvalue weighted by molar-refractivity contribution is 5.87. The lowest BCUT2D eigenvalue weighted by Crippen LogP contribution is -2.37. The Morgan fingerprint density at radius 3 is 2.59 bits per heavy atom. The van der Waals surface area contributed by atoms with E-state index in [-0.39, 0.29) is 12.1 Å². The first kappa shape index (κ1) is 16.0. The first-order valence-electron chi connectivity index (χ1n) is 7.20. The molecule has 1 aromatic heterocycles. The molecule has 2 amide bonds. The Hall–Kier alpha value is -2.34. The number of benzene rings is 1. The molecule has 2 rings (SSSR count). The number of amides is 2. The molecular formula is C16H21N3O3. The minimum Gasteiger partial charge on any atom is -0.428 e. The van der Waals surface area contributed by atoms with E-state index in [1.807, 2.05) is 37.3 Å². The Labute approximate surface area is 129 Å². The largest absolute Gasteiger partial charge is 0.428 e. The lowest BCUT2D eigenvalue weighted by Gasteiger charge is -2.18. The van der Waals surface area contributed by atoms with Gasteiger partial charge in [0, 0.05) is 6.04 Å². The van der Waals surface area contributed by atoms with Crippen molar-refractivity contribution < 1.29 is 14.3 Å². The number of nitrogens with one attached hydrogen (secondary N) is 2. The molecule has 2 atom stereocenters. The summed E-state index contributed by atoms with van der Waals surface area (Å²) in [6.07, 6.45) is -0.205. The van der Waals surface area contributed by atoms with Gasteiger partial charge in [0.15, 0.2) is 0 Å². The van der Waals surface area contributed by atoms with Crippen LogP contribution in [0.4, 0.5) is 10.8 Å². The van der Waals surface area contributed by atoms with Crippen molar-refractivity contribution in [3.63, 3.8) is 0 Å². The van der Waals surface area contributed by atoms with Crippen LogP contribution in [0, 0.1) is 13.8 Å². The van der Waals surface area contributed by atoms with Crippen molar-refractivity contribution in [3.8, 4) is 0 Å². The zero-order chi connectivity index (χ0) is 16.1. The summed E-state index contributed by atoms with van der Waals surface area (Å²) >= 11 is 0. The van der Waals surface area contributed by atoms with E-state index in [0.717, 1.165) is 11.3 Å². The Bertz CT molecular complexity index is 605. The summed E-state index contributed by atoms with van der Waals surface area (Å²) in [6, 6.07) is 8.91. The average molecular weight is 303 g/mol. The number of aromatic nitrogens is 1. The highest BCUT2D eigenvalue weighted by Gasteiger charge is 2.15. The fourth-order valence-corrected chi connectivity index (χ4v) is 2.09. The second kappa shape index (κ2) is 7.09. The van der Waals surface area contributed by atoms with Gasteiger partial charge in [0.1, 0.15) is 5.76 Å². The Morgan fingerprint density at radius 2 is 2.00 bits per heavy atom. The predicted molar refractivity (Wildman–Crippen MR) is 83.6 cm³/mol. The molecule has 0 saturated carbocycles. The molecule has 0 spiro atoms. The first-order chi connectivity index (χ1) is 10.5. The molecule has 2 unspecified atom stereocenters. The summed E-state index contributed by atoms with van der Waals surface area (Å²) in [5.41, 5.74) is 1.57. The number of urea groups is 1. The van der Waals surface area contributed by atoms with Crippen molar-refractivity contribution in [2.75, 3.05) is 5.32 Å². The summed E-state index contributed by atoms with van der Waals surface area (Å²) in [5, 5.41) is 15.4. The zero-order valence-corrected chi connectivity index (χ0v) is 13.0. The molecule has 0 bridgehead atoms. The van der Waals surface area contributed by atoms with E-state index in [1.165, 1.54) is 0 Å². The van der Waals surface area contributed by atoms with Crippen molar-refractivity contribution in [1.82, 2.24) is 10.3 Å². The van der Waals surface area contributed by atoms with Gasteiger partial charge in [-0.3, -0.25) is 5.32 Å². The molecule has 118 valence electrons. The van der Waals surface area contributed by atoms with Crippen LogP contribution in [0.2, 0.25) is 0 Å². The Kier molecular flexibility index (Phi) is 5.16. The van der Waals surface area contributed by atoms with Gasteiger partial charge in [-0.15, -0.1) is 0 Å². The molecule has 1 heterocycles. The van der Waals surface area contributed by atoms with Crippen LogP contribution in [0.5, 0.6) is 0 Å². The quantitative estimate of drug-likeness (QED) is 0.792. The zero-order valence-electron chi connectivity index (χ0n) is 13.0. The topological polar surface area (TPSA) is 87.4 Å². The maximum Gasteiger partial charge on any atom is 0.323 e. The number of aryl methyl sites for hydroxylation is 2. The molecule has 2 aromatic rings. The van der Waals surface area contributed by atoms with Gasteiger partial charge < -0.3 is 14.8 Å². The highest BCUT2D eigenvalue weighted by Crippen LogP contribution is 2.18. The van der Waals surface area contributed by atoms with Crippen LogP contribution in [0.15, 0.2) is 34.7 Å². The molecule has 0 fully saturated rings. The number of aliphatic hydroxyl groups excluding tert-OH is 1. The van der Waals surface area contributed by atoms with Crippen LogP contribution in [0.3, 0.4) is 0 Å². The highest BCUT2D eigenvalue weighted by atomic mass is 16.4. The van der Waals surface area contributed by atoms with Gasteiger partial charge in [0.2, 0.25) is 0 Å². The summed E-state index contributed by atoms with van der Waals surface area (Å²) < 4.78 is 5.28. The van der Waals surface area contributed by atoms with Crippen molar-refractivity contribution >= 4 is 12.0 Å². The number of rotatable bonds is 5. The first-order valence-corrected chi connectivity index (χ1v) is 7.20. The van der Waals surface area contributed by atoms with Crippen LogP contribution in [-0.4, -0.2) is 22.2 Å². The summed E-state index contributed by atoms with van der Waals surface area (Å²) in [4.78, 5) is 15.9. The third kappa shape index (κ3) is 4.33. The van der Waals surface area contributed by atoms with Crippen LogP contribution in [0.1, 0.15) is 36.5 Å². The van der Waals surface area contributed by atoms with Crippen LogP contribution in [0.25, 0.3) is 0 Å².